The van der Waals surface area contributed by atoms with Crippen molar-refractivity contribution in [1.82, 2.24) is 9.97 Å². The summed E-state index contributed by atoms with van der Waals surface area (Å²) in [6, 6.07) is 8.33. The highest BCUT2D eigenvalue weighted by Crippen LogP contribution is 2.10. The van der Waals surface area contributed by atoms with Gasteiger partial charge in [0.2, 0.25) is 0 Å². The maximum absolute atomic E-state index is 4.15. The molecule has 0 aliphatic heterocycles. The Balaban J connectivity index is 1.99. The summed E-state index contributed by atoms with van der Waals surface area (Å²) >= 11 is 0. The molecule has 3 heteroatoms. The molecule has 78 valence electrons. The summed E-state index contributed by atoms with van der Waals surface area (Å²) in [4.78, 5) is 7.34. The number of benzene rings is 1. The fourth-order valence-corrected chi connectivity index (χ4v) is 1.51. The molecule has 0 fully saturated rings. The number of nitrogens with zero attached hydrogens (tertiary/aromatic N) is 1. The van der Waals surface area contributed by atoms with Crippen LogP contribution in [0.1, 0.15) is 17.1 Å². The van der Waals surface area contributed by atoms with Gasteiger partial charge in [-0.2, -0.15) is 0 Å². The topological polar surface area (TPSA) is 40.7 Å². The van der Waals surface area contributed by atoms with Crippen molar-refractivity contribution in [2.75, 3.05) is 5.32 Å². The highest BCUT2D eigenvalue weighted by atomic mass is 15.0. The minimum absolute atomic E-state index is 0.782. The van der Waals surface area contributed by atoms with Crippen LogP contribution >= 0.6 is 0 Å². The van der Waals surface area contributed by atoms with E-state index in [-0.39, 0.29) is 0 Å². The van der Waals surface area contributed by atoms with Crippen LogP contribution in [0.5, 0.6) is 0 Å². The second kappa shape index (κ2) is 4.17. The number of imidazole rings is 1. The normalized spacial score (nSPS) is 10.3. The van der Waals surface area contributed by atoms with Crippen molar-refractivity contribution in [3.8, 4) is 0 Å². The molecule has 1 aromatic heterocycles. The van der Waals surface area contributed by atoms with Crippen LogP contribution in [0.4, 0.5) is 5.69 Å². The van der Waals surface area contributed by atoms with Gasteiger partial charge in [-0.15, -0.1) is 0 Å². The van der Waals surface area contributed by atoms with E-state index in [1.54, 1.807) is 0 Å². The van der Waals surface area contributed by atoms with Crippen LogP contribution in [0, 0.1) is 13.8 Å². The van der Waals surface area contributed by atoms with Gasteiger partial charge >= 0.3 is 0 Å². The number of hydrogen-bond donors (Lipinski definition) is 2. The molecule has 0 saturated carbocycles. The molecule has 0 unspecified atom stereocenters. The first-order chi connectivity index (χ1) is 7.24. The molecule has 1 heterocycles. The third-order valence-electron chi connectivity index (χ3n) is 2.26. The van der Waals surface area contributed by atoms with Gasteiger partial charge in [0, 0.05) is 5.69 Å². The van der Waals surface area contributed by atoms with E-state index in [0.29, 0.717) is 0 Å². The summed E-state index contributed by atoms with van der Waals surface area (Å²) in [5.41, 5.74) is 3.51. The lowest BCUT2D eigenvalue weighted by Gasteiger charge is -2.05. The van der Waals surface area contributed by atoms with E-state index in [0.717, 1.165) is 23.8 Å². The van der Waals surface area contributed by atoms with Crippen molar-refractivity contribution in [2.24, 2.45) is 0 Å². The number of aromatic nitrogens is 2. The van der Waals surface area contributed by atoms with E-state index in [1.165, 1.54) is 5.56 Å². The quantitative estimate of drug-likeness (QED) is 0.801. The minimum atomic E-state index is 0.782. The van der Waals surface area contributed by atoms with Crippen molar-refractivity contribution in [1.29, 1.82) is 0 Å². The molecule has 15 heavy (non-hydrogen) atoms. The molecular formula is C12H15N3. The number of H-pyrrole nitrogens is 1. The van der Waals surface area contributed by atoms with Gasteiger partial charge in [-0.1, -0.05) is 12.1 Å². The van der Waals surface area contributed by atoms with Crippen LogP contribution in [0.3, 0.4) is 0 Å². The minimum Gasteiger partial charge on any atom is -0.379 e. The Bertz CT molecular complexity index is 446. The first-order valence-corrected chi connectivity index (χ1v) is 5.05. The SMILES string of the molecule is Cc1cccc(NCc2cnc(C)[nH]2)c1. The lowest BCUT2D eigenvalue weighted by atomic mass is 10.2. The summed E-state index contributed by atoms with van der Waals surface area (Å²) in [6.07, 6.45) is 1.86. The highest BCUT2D eigenvalue weighted by Gasteiger charge is 1.96. The molecular weight excluding hydrogens is 186 g/mol. The number of nitrogens with one attached hydrogen (secondary N) is 2. The Labute approximate surface area is 89.6 Å². The second-order valence-electron chi connectivity index (χ2n) is 3.72. The maximum Gasteiger partial charge on any atom is 0.103 e. The van der Waals surface area contributed by atoms with Crippen LogP contribution in [0.15, 0.2) is 30.5 Å². The van der Waals surface area contributed by atoms with Crippen molar-refractivity contribution in [3.05, 3.63) is 47.5 Å². The van der Waals surface area contributed by atoms with Crippen LogP contribution in [-0.2, 0) is 6.54 Å². The van der Waals surface area contributed by atoms with E-state index in [9.17, 15) is 0 Å². The van der Waals surface area contributed by atoms with Gasteiger partial charge in [-0.05, 0) is 31.5 Å². The Hall–Kier alpha value is -1.77. The zero-order chi connectivity index (χ0) is 10.7. The molecule has 2 rings (SSSR count). The van der Waals surface area contributed by atoms with Gasteiger partial charge in [0.1, 0.15) is 5.82 Å². The summed E-state index contributed by atoms with van der Waals surface area (Å²) in [5, 5.41) is 3.34. The van der Waals surface area contributed by atoms with E-state index in [1.807, 2.05) is 13.1 Å². The van der Waals surface area contributed by atoms with Crippen LogP contribution in [-0.4, -0.2) is 9.97 Å². The third kappa shape index (κ3) is 2.59. The third-order valence-corrected chi connectivity index (χ3v) is 2.26. The van der Waals surface area contributed by atoms with E-state index >= 15 is 0 Å². The average Bonchev–Trinajstić information content (AvgIpc) is 2.62. The van der Waals surface area contributed by atoms with Crippen LogP contribution in [0.2, 0.25) is 0 Å². The van der Waals surface area contributed by atoms with E-state index < -0.39 is 0 Å². The Morgan fingerprint density at radius 3 is 2.87 bits per heavy atom. The molecule has 0 aliphatic rings. The summed E-state index contributed by atoms with van der Waals surface area (Å²) in [7, 11) is 0. The Kier molecular flexibility index (Phi) is 2.72. The largest absolute Gasteiger partial charge is 0.379 e. The first-order valence-electron chi connectivity index (χ1n) is 5.05. The highest BCUT2D eigenvalue weighted by molar-refractivity contribution is 5.45. The standard InChI is InChI=1S/C12H15N3/c1-9-4-3-5-11(6-9)14-8-12-7-13-10(2)15-12/h3-7,14H,8H2,1-2H3,(H,13,15). The lowest BCUT2D eigenvalue weighted by Crippen LogP contribution is -1.99. The van der Waals surface area contributed by atoms with E-state index in [2.05, 4.69) is 46.5 Å². The molecule has 2 N–H and O–H groups in total. The van der Waals surface area contributed by atoms with Gasteiger partial charge < -0.3 is 10.3 Å². The predicted octanol–water partition coefficient (Wildman–Crippen LogP) is 2.64. The number of rotatable bonds is 3. The van der Waals surface area contributed by atoms with Gasteiger partial charge in [0.05, 0.1) is 18.4 Å². The molecule has 0 radical (unpaired) electrons. The Morgan fingerprint density at radius 1 is 1.33 bits per heavy atom. The molecule has 0 atom stereocenters. The summed E-state index contributed by atoms with van der Waals surface area (Å²) in [6.45, 7) is 4.83. The molecule has 0 bridgehead atoms. The summed E-state index contributed by atoms with van der Waals surface area (Å²) < 4.78 is 0. The van der Waals surface area contributed by atoms with Crippen molar-refractivity contribution < 1.29 is 0 Å². The predicted molar refractivity (Wildman–Crippen MR) is 61.8 cm³/mol. The summed E-state index contributed by atoms with van der Waals surface area (Å²) in [5.74, 6) is 0.955. The number of aryl methyl sites for hydroxylation is 2. The maximum atomic E-state index is 4.15. The number of anilines is 1. The average molecular weight is 201 g/mol. The fraction of sp³-hybridized carbons (Fsp3) is 0.250. The van der Waals surface area contributed by atoms with Gasteiger partial charge in [0.15, 0.2) is 0 Å². The Morgan fingerprint density at radius 2 is 2.20 bits per heavy atom. The van der Waals surface area contributed by atoms with Gasteiger partial charge in [-0.3, -0.25) is 0 Å². The molecule has 1 aromatic carbocycles. The zero-order valence-corrected chi connectivity index (χ0v) is 9.04. The number of hydrogen-bond acceptors (Lipinski definition) is 2. The van der Waals surface area contributed by atoms with Crippen molar-refractivity contribution >= 4 is 5.69 Å². The molecule has 0 spiro atoms. The molecule has 3 nitrogen and oxygen atoms in total. The first kappa shape index (κ1) is 9.77. The van der Waals surface area contributed by atoms with Crippen LogP contribution in [0.25, 0.3) is 0 Å². The molecule has 2 aromatic rings. The van der Waals surface area contributed by atoms with Gasteiger partial charge in [0.25, 0.3) is 0 Å². The van der Waals surface area contributed by atoms with Crippen molar-refractivity contribution in [2.45, 2.75) is 20.4 Å². The molecule has 0 aliphatic carbocycles. The molecule has 0 amide bonds. The number of aromatic amines is 1. The fourth-order valence-electron chi connectivity index (χ4n) is 1.51. The lowest BCUT2D eigenvalue weighted by molar-refractivity contribution is 1.05. The zero-order valence-electron chi connectivity index (χ0n) is 9.04. The monoisotopic (exact) mass is 201 g/mol. The molecule has 0 saturated heterocycles. The van der Waals surface area contributed by atoms with Crippen LogP contribution < -0.4 is 5.32 Å². The van der Waals surface area contributed by atoms with E-state index in [4.69, 9.17) is 0 Å². The smallest absolute Gasteiger partial charge is 0.103 e. The second-order valence-corrected chi connectivity index (χ2v) is 3.72. The van der Waals surface area contributed by atoms with Crippen molar-refractivity contribution in [3.63, 3.8) is 0 Å². The van der Waals surface area contributed by atoms with Gasteiger partial charge in [-0.25, -0.2) is 4.98 Å².